The van der Waals surface area contributed by atoms with Gasteiger partial charge in [0.25, 0.3) is 0 Å². The van der Waals surface area contributed by atoms with Gasteiger partial charge in [-0.05, 0) is 0 Å². The predicted octanol–water partition coefficient (Wildman–Crippen LogP) is -0.120. The fourth-order valence-corrected chi connectivity index (χ4v) is 0.545. The van der Waals surface area contributed by atoms with Crippen LogP contribution in [-0.2, 0) is 19.0 Å². The van der Waals surface area contributed by atoms with E-state index in [1.807, 2.05) is 0 Å². The SMILES string of the molecule is O=CCC1OCOCO1. The smallest absolute Gasteiger partial charge is 0.169 e. The summed E-state index contributed by atoms with van der Waals surface area (Å²) < 4.78 is 14.4. The van der Waals surface area contributed by atoms with Crippen LogP contribution in [0.2, 0.25) is 0 Å². The molecular formula is C5H8O4. The number of rotatable bonds is 2. The van der Waals surface area contributed by atoms with Crippen LogP contribution < -0.4 is 0 Å². The topological polar surface area (TPSA) is 44.8 Å². The first kappa shape index (κ1) is 6.67. The van der Waals surface area contributed by atoms with Crippen molar-refractivity contribution < 1.29 is 19.0 Å². The highest BCUT2D eigenvalue weighted by Crippen LogP contribution is 2.03. The number of hydrogen-bond donors (Lipinski definition) is 0. The van der Waals surface area contributed by atoms with Gasteiger partial charge in [0.15, 0.2) is 19.9 Å². The van der Waals surface area contributed by atoms with Crippen LogP contribution in [-0.4, -0.2) is 26.2 Å². The Morgan fingerprint density at radius 2 is 2.11 bits per heavy atom. The lowest BCUT2D eigenvalue weighted by atomic mass is 10.5. The first-order valence-electron chi connectivity index (χ1n) is 2.68. The molecule has 4 heteroatoms. The Morgan fingerprint density at radius 3 is 2.67 bits per heavy atom. The van der Waals surface area contributed by atoms with Crippen LogP contribution in [0.15, 0.2) is 0 Å². The lowest BCUT2D eigenvalue weighted by molar-refractivity contribution is -0.297. The molecule has 0 atom stereocenters. The van der Waals surface area contributed by atoms with Gasteiger partial charge in [-0.25, -0.2) is 0 Å². The maximum absolute atomic E-state index is 9.87. The van der Waals surface area contributed by atoms with Gasteiger partial charge in [0, 0.05) is 0 Å². The summed E-state index contributed by atoms with van der Waals surface area (Å²) in [5.41, 5.74) is 0. The summed E-state index contributed by atoms with van der Waals surface area (Å²) >= 11 is 0. The van der Waals surface area contributed by atoms with Crippen molar-refractivity contribution in [3.05, 3.63) is 0 Å². The first-order valence-corrected chi connectivity index (χ1v) is 2.68. The van der Waals surface area contributed by atoms with E-state index in [9.17, 15) is 4.79 Å². The summed E-state index contributed by atoms with van der Waals surface area (Å²) in [4.78, 5) is 9.87. The van der Waals surface area contributed by atoms with Crippen LogP contribution in [0.25, 0.3) is 0 Å². The van der Waals surface area contributed by atoms with Gasteiger partial charge >= 0.3 is 0 Å². The van der Waals surface area contributed by atoms with Gasteiger partial charge in [0.1, 0.15) is 6.29 Å². The van der Waals surface area contributed by atoms with E-state index in [0.29, 0.717) is 0 Å². The zero-order chi connectivity index (χ0) is 6.53. The third kappa shape index (κ3) is 2.09. The zero-order valence-electron chi connectivity index (χ0n) is 4.91. The summed E-state index contributed by atoms with van der Waals surface area (Å²) in [6.07, 6.45) is 0.649. The van der Waals surface area contributed by atoms with Crippen molar-refractivity contribution >= 4 is 6.29 Å². The molecule has 0 N–H and O–H groups in total. The molecule has 0 saturated carbocycles. The average Bonchev–Trinajstić information content (AvgIpc) is 1.91. The van der Waals surface area contributed by atoms with E-state index in [0.717, 1.165) is 6.29 Å². The summed E-state index contributed by atoms with van der Waals surface area (Å²) in [5, 5.41) is 0. The van der Waals surface area contributed by atoms with Crippen molar-refractivity contribution in [3.63, 3.8) is 0 Å². The number of ether oxygens (including phenoxy) is 3. The molecule has 0 spiro atoms. The van der Waals surface area contributed by atoms with Crippen LogP contribution in [0, 0.1) is 0 Å². The molecule has 9 heavy (non-hydrogen) atoms. The van der Waals surface area contributed by atoms with Gasteiger partial charge in [-0.2, -0.15) is 0 Å². The molecule has 52 valence electrons. The molecule has 0 aromatic carbocycles. The Bertz CT molecular complexity index is 87.0. The Kier molecular flexibility index (Phi) is 2.63. The average molecular weight is 132 g/mol. The van der Waals surface area contributed by atoms with Gasteiger partial charge in [-0.3, -0.25) is 0 Å². The van der Waals surface area contributed by atoms with Crippen LogP contribution in [0.3, 0.4) is 0 Å². The molecule has 0 amide bonds. The molecule has 0 unspecified atom stereocenters. The second kappa shape index (κ2) is 3.55. The highest BCUT2D eigenvalue weighted by Gasteiger charge is 2.12. The van der Waals surface area contributed by atoms with E-state index in [2.05, 4.69) is 4.74 Å². The van der Waals surface area contributed by atoms with Gasteiger partial charge in [0.2, 0.25) is 0 Å². The van der Waals surface area contributed by atoms with Crippen LogP contribution in [0.5, 0.6) is 0 Å². The molecule has 1 fully saturated rings. The molecule has 0 aromatic rings. The van der Waals surface area contributed by atoms with Gasteiger partial charge in [0.05, 0.1) is 6.42 Å². The van der Waals surface area contributed by atoms with Crippen LogP contribution in [0.4, 0.5) is 0 Å². The first-order chi connectivity index (χ1) is 4.43. The molecule has 4 nitrogen and oxygen atoms in total. The maximum atomic E-state index is 9.87. The van der Waals surface area contributed by atoms with Crippen molar-refractivity contribution in [1.29, 1.82) is 0 Å². The molecular weight excluding hydrogens is 124 g/mol. The van der Waals surface area contributed by atoms with E-state index in [4.69, 9.17) is 9.47 Å². The van der Waals surface area contributed by atoms with E-state index in [-0.39, 0.29) is 20.0 Å². The maximum Gasteiger partial charge on any atom is 0.169 e. The molecule has 0 aliphatic carbocycles. The molecule has 0 radical (unpaired) electrons. The Labute approximate surface area is 52.7 Å². The monoisotopic (exact) mass is 132 g/mol. The number of carbonyl (C=O) groups excluding carboxylic acids is 1. The second-order valence-corrected chi connectivity index (χ2v) is 1.61. The normalized spacial score (nSPS) is 21.8. The third-order valence-corrected chi connectivity index (χ3v) is 0.963. The predicted molar refractivity (Wildman–Crippen MR) is 27.5 cm³/mol. The van der Waals surface area contributed by atoms with Crippen molar-refractivity contribution in [1.82, 2.24) is 0 Å². The largest absolute Gasteiger partial charge is 0.329 e. The molecule has 1 heterocycles. The van der Waals surface area contributed by atoms with Crippen molar-refractivity contribution in [3.8, 4) is 0 Å². The molecule has 1 aliphatic rings. The van der Waals surface area contributed by atoms with E-state index in [1.54, 1.807) is 0 Å². The highest BCUT2D eigenvalue weighted by atomic mass is 16.8. The van der Waals surface area contributed by atoms with Crippen LogP contribution in [0.1, 0.15) is 6.42 Å². The minimum Gasteiger partial charge on any atom is -0.329 e. The van der Waals surface area contributed by atoms with Gasteiger partial charge < -0.3 is 19.0 Å². The standard InChI is InChI=1S/C5H8O4/c6-2-1-5-8-3-7-4-9-5/h2,5H,1,3-4H2. The van der Waals surface area contributed by atoms with E-state index < -0.39 is 6.29 Å². The quantitative estimate of drug-likeness (QED) is 0.491. The third-order valence-electron chi connectivity index (χ3n) is 0.963. The van der Waals surface area contributed by atoms with Crippen molar-refractivity contribution in [2.45, 2.75) is 12.7 Å². The van der Waals surface area contributed by atoms with Crippen molar-refractivity contribution in [2.24, 2.45) is 0 Å². The lowest BCUT2D eigenvalue weighted by Gasteiger charge is -2.20. The highest BCUT2D eigenvalue weighted by molar-refractivity contribution is 5.49. The number of hydrogen-bond acceptors (Lipinski definition) is 4. The fraction of sp³-hybridized carbons (Fsp3) is 0.800. The molecule has 0 aromatic heterocycles. The summed E-state index contributed by atoms with van der Waals surface area (Å²) in [7, 11) is 0. The summed E-state index contributed by atoms with van der Waals surface area (Å²) in [6, 6.07) is 0. The van der Waals surface area contributed by atoms with E-state index >= 15 is 0 Å². The van der Waals surface area contributed by atoms with Crippen LogP contribution >= 0.6 is 0 Å². The Morgan fingerprint density at radius 1 is 1.44 bits per heavy atom. The lowest BCUT2D eigenvalue weighted by Crippen LogP contribution is -2.26. The molecule has 1 aliphatic heterocycles. The Balaban J connectivity index is 2.15. The van der Waals surface area contributed by atoms with Gasteiger partial charge in [-0.15, -0.1) is 0 Å². The summed E-state index contributed by atoms with van der Waals surface area (Å²) in [5.74, 6) is 0. The molecule has 1 saturated heterocycles. The second-order valence-electron chi connectivity index (χ2n) is 1.61. The minimum absolute atomic E-state index is 0.221. The van der Waals surface area contributed by atoms with E-state index in [1.165, 1.54) is 0 Å². The van der Waals surface area contributed by atoms with Gasteiger partial charge in [-0.1, -0.05) is 0 Å². The zero-order valence-corrected chi connectivity index (χ0v) is 4.91. The number of aldehydes is 1. The minimum atomic E-state index is -0.392. The number of carbonyl (C=O) groups is 1. The Hall–Kier alpha value is -0.450. The fourth-order valence-electron chi connectivity index (χ4n) is 0.545. The molecule has 1 rings (SSSR count). The summed E-state index contributed by atoms with van der Waals surface area (Å²) in [6.45, 7) is 0.441. The molecule has 0 bridgehead atoms. The van der Waals surface area contributed by atoms with Crippen molar-refractivity contribution in [2.75, 3.05) is 13.6 Å².